The largest absolute Gasteiger partial charge is 0.385 e. The second-order valence-electron chi connectivity index (χ2n) is 4.27. The first-order chi connectivity index (χ1) is 8.97. The zero-order valence-corrected chi connectivity index (χ0v) is 11.3. The first kappa shape index (κ1) is 15.6. The predicted molar refractivity (Wildman–Crippen MR) is 66.1 cm³/mol. The number of methoxy groups -OCH3 is 1. The van der Waals surface area contributed by atoms with E-state index in [0.717, 1.165) is 0 Å². The Balaban J connectivity index is 2.61. The number of rotatable bonds is 7. The molecule has 0 saturated carbocycles. The lowest BCUT2D eigenvalue weighted by Crippen LogP contribution is -2.33. The summed E-state index contributed by atoms with van der Waals surface area (Å²) in [5, 5.41) is 6.47. The molecule has 1 N–H and O–H groups in total. The van der Waals surface area contributed by atoms with E-state index in [1.54, 1.807) is 21.0 Å². The van der Waals surface area contributed by atoms with Gasteiger partial charge in [-0.3, -0.25) is 9.48 Å². The third-order valence-electron chi connectivity index (χ3n) is 2.74. The van der Waals surface area contributed by atoms with E-state index in [9.17, 15) is 13.6 Å². The Kier molecular flexibility index (Phi) is 5.88. The number of halogens is 2. The maximum absolute atomic E-state index is 12.5. The molecule has 1 unspecified atom stereocenters. The van der Waals surface area contributed by atoms with Crippen LogP contribution in [0.5, 0.6) is 0 Å². The standard InChI is InChI=1S/C12H19F2N3O2/c1-8-7-10(11(13)14)16-17(8)9(2)12(18)15-5-4-6-19-3/h7,9,11H,4-6H2,1-3H3,(H,15,18). The third kappa shape index (κ3) is 4.27. The molecule has 7 heteroatoms. The monoisotopic (exact) mass is 275 g/mol. The number of nitrogens with one attached hydrogen (secondary N) is 1. The highest BCUT2D eigenvalue weighted by Crippen LogP contribution is 2.20. The Hall–Kier alpha value is -1.50. The van der Waals surface area contributed by atoms with Crippen molar-refractivity contribution in [2.45, 2.75) is 32.7 Å². The number of ether oxygens (including phenoxy) is 1. The lowest BCUT2D eigenvalue weighted by Gasteiger charge is -2.14. The number of alkyl halides is 2. The number of hydrogen-bond acceptors (Lipinski definition) is 3. The summed E-state index contributed by atoms with van der Waals surface area (Å²) in [6.45, 7) is 4.32. The topological polar surface area (TPSA) is 56.1 Å². The fraction of sp³-hybridized carbons (Fsp3) is 0.667. The molecule has 0 spiro atoms. The molecule has 108 valence electrons. The fourth-order valence-electron chi connectivity index (χ4n) is 1.70. The van der Waals surface area contributed by atoms with Crippen molar-refractivity contribution in [2.75, 3.05) is 20.3 Å². The summed E-state index contributed by atoms with van der Waals surface area (Å²) in [4.78, 5) is 11.8. The van der Waals surface area contributed by atoms with Gasteiger partial charge in [0.05, 0.1) is 0 Å². The molecular formula is C12H19F2N3O2. The average molecular weight is 275 g/mol. The Morgan fingerprint density at radius 3 is 2.79 bits per heavy atom. The van der Waals surface area contributed by atoms with Crippen LogP contribution in [0.1, 0.15) is 37.2 Å². The van der Waals surface area contributed by atoms with E-state index < -0.39 is 12.5 Å². The van der Waals surface area contributed by atoms with E-state index in [1.807, 2.05) is 0 Å². The summed E-state index contributed by atoms with van der Waals surface area (Å²) >= 11 is 0. The summed E-state index contributed by atoms with van der Waals surface area (Å²) in [6.07, 6.45) is -1.92. The highest BCUT2D eigenvalue weighted by molar-refractivity contribution is 5.79. The molecule has 0 radical (unpaired) electrons. The first-order valence-electron chi connectivity index (χ1n) is 6.08. The summed E-state index contributed by atoms with van der Waals surface area (Å²) in [7, 11) is 1.59. The zero-order valence-electron chi connectivity index (χ0n) is 11.3. The second-order valence-corrected chi connectivity index (χ2v) is 4.27. The van der Waals surface area contributed by atoms with Crippen LogP contribution in [0.25, 0.3) is 0 Å². The van der Waals surface area contributed by atoms with Gasteiger partial charge in [0.25, 0.3) is 6.43 Å². The van der Waals surface area contributed by atoms with Gasteiger partial charge < -0.3 is 10.1 Å². The molecule has 0 fully saturated rings. The minimum atomic E-state index is -2.63. The van der Waals surface area contributed by atoms with Gasteiger partial charge in [0.1, 0.15) is 11.7 Å². The van der Waals surface area contributed by atoms with Crippen molar-refractivity contribution in [3.8, 4) is 0 Å². The molecule has 1 aromatic heterocycles. The molecular weight excluding hydrogens is 256 g/mol. The molecule has 1 atom stereocenters. The molecule has 1 aromatic rings. The van der Waals surface area contributed by atoms with Gasteiger partial charge in [0, 0.05) is 26.0 Å². The predicted octanol–water partition coefficient (Wildman–Crippen LogP) is 1.84. The van der Waals surface area contributed by atoms with Crippen LogP contribution >= 0.6 is 0 Å². The Morgan fingerprint density at radius 2 is 2.26 bits per heavy atom. The molecule has 0 bridgehead atoms. The van der Waals surface area contributed by atoms with Gasteiger partial charge in [-0.05, 0) is 26.3 Å². The van der Waals surface area contributed by atoms with Crippen molar-refractivity contribution in [3.05, 3.63) is 17.5 Å². The maximum atomic E-state index is 12.5. The van der Waals surface area contributed by atoms with Crippen molar-refractivity contribution < 1.29 is 18.3 Å². The van der Waals surface area contributed by atoms with E-state index in [2.05, 4.69) is 10.4 Å². The maximum Gasteiger partial charge on any atom is 0.282 e. The number of aromatic nitrogens is 2. The molecule has 0 aliphatic rings. The van der Waals surface area contributed by atoms with Crippen molar-refractivity contribution in [1.29, 1.82) is 0 Å². The summed E-state index contributed by atoms with van der Waals surface area (Å²) in [5.41, 5.74) is 0.228. The Morgan fingerprint density at radius 1 is 1.58 bits per heavy atom. The van der Waals surface area contributed by atoms with Gasteiger partial charge in [0.15, 0.2) is 0 Å². The van der Waals surface area contributed by atoms with Crippen molar-refractivity contribution >= 4 is 5.91 Å². The number of amides is 1. The SMILES string of the molecule is COCCCNC(=O)C(C)n1nc(C(F)F)cc1C. The van der Waals surface area contributed by atoms with Crippen LogP contribution in [0.15, 0.2) is 6.07 Å². The molecule has 1 amide bonds. The van der Waals surface area contributed by atoms with Crippen molar-refractivity contribution in [2.24, 2.45) is 0 Å². The number of carbonyl (C=O) groups is 1. The van der Waals surface area contributed by atoms with Crippen LogP contribution in [0.4, 0.5) is 8.78 Å². The minimum absolute atomic E-state index is 0.247. The average Bonchev–Trinajstić information content (AvgIpc) is 2.76. The molecule has 0 aromatic carbocycles. The number of aryl methyl sites for hydroxylation is 1. The molecule has 0 saturated heterocycles. The van der Waals surface area contributed by atoms with Gasteiger partial charge in [-0.1, -0.05) is 0 Å². The lowest BCUT2D eigenvalue weighted by atomic mass is 10.3. The fourth-order valence-corrected chi connectivity index (χ4v) is 1.70. The molecule has 0 aliphatic heterocycles. The highest BCUT2D eigenvalue weighted by atomic mass is 19.3. The van der Waals surface area contributed by atoms with Gasteiger partial charge in [0.2, 0.25) is 5.91 Å². The van der Waals surface area contributed by atoms with E-state index in [1.165, 1.54) is 10.7 Å². The van der Waals surface area contributed by atoms with Crippen LogP contribution in [0.2, 0.25) is 0 Å². The second kappa shape index (κ2) is 7.18. The third-order valence-corrected chi connectivity index (χ3v) is 2.74. The van der Waals surface area contributed by atoms with E-state index in [0.29, 0.717) is 25.3 Å². The normalized spacial score (nSPS) is 12.7. The van der Waals surface area contributed by atoms with Crippen LogP contribution in [-0.2, 0) is 9.53 Å². The number of hydrogen-bond donors (Lipinski definition) is 1. The molecule has 0 aliphatic carbocycles. The summed E-state index contributed by atoms with van der Waals surface area (Å²) in [6, 6.07) is 0.675. The number of carbonyl (C=O) groups excluding carboxylic acids is 1. The highest BCUT2D eigenvalue weighted by Gasteiger charge is 2.20. The quantitative estimate of drug-likeness (QED) is 0.773. The molecule has 1 rings (SSSR count). The van der Waals surface area contributed by atoms with Crippen LogP contribution in [0, 0.1) is 6.92 Å². The Bertz CT molecular complexity index is 421. The first-order valence-corrected chi connectivity index (χ1v) is 6.08. The van der Waals surface area contributed by atoms with Crippen LogP contribution in [-0.4, -0.2) is 35.9 Å². The number of nitrogens with zero attached hydrogens (tertiary/aromatic N) is 2. The van der Waals surface area contributed by atoms with Gasteiger partial charge >= 0.3 is 0 Å². The van der Waals surface area contributed by atoms with Gasteiger partial charge in [-0.2, -0.15) is 5.10 Å². The molecule has 1 heterocycles. The van der Waals surface area contributed by atoms with Gasteiger partial charge in [-0.15, -0.1) is 0 Å². The summed E-state index contributed by atoms with van der Waals surface area (Å²) < 4.78 is 31.2. The van der Waals surface area contributed by atoms with Crippen molar-refractivity contribution in [3.63, 3.8) is 0 Å². The Labute approximate surface area is 110 Å². The van der Waals surface area contributed by atoms with Crippen molar-refractivity contribution in [1.82, 2.24) is 15.1 Å². The zero-order chi connectivity index (χ0) is 14.4. The summed E-state index contributed by atoms with van der Waals surface area (Å²) in [5.74, 6) is -0.247. The van der Waals surface area contributed by atoms with E-state index in [4.69, 9.17) is 4.74 Å². The molecule has 19 heavy (non-hydrogen) atoms. The lowest BCUT2D eigenvalue weighted by molar-refractivity contribution is -0.124. The van der Waals surface area contributed by atoms with Crippen LogP contribution < -0.4 is 5.32 Å². The van der Waals surface area contributed by atoms with E-state index in [-0.39, 0.29) is 11.6 Å². The van der Waals surface area contributed by atoms with Crippen LogP contribution in [0.3, 0.4) is 0 Å². The van der Waals surface area contributed by atoms with Gasteiger partial charge in [-0.25, -0.2) is 8.78 Å². The molecule has 5 nitrogen and oxygen atoms in total. The smallest absolute Gasteiger partial charge is 0.282 e. The minimum Gasteiger partial charge on any atom is -0.385 e. The van der Waals surface area contributed by atoms with E-state index >= 15 is 0 Å².